The first-order valence-corrected chi connectivity index (χ1v) is 12.4. The van der Waals surface area contributed by atoms with Crippen molar-refractivity contribution in [3.8, 4) is 11.8 Å². The maximum atomic E-state index is 13.2. The number of likely N-dealkylation sites (N-methyl/N-ethyl adjacent to an activating group) is 1. The molecule has 1 N–H and O–H groups in total. The van der Waals surface area contributed by atoms with Crippen LogP contribution in [0.4, 0.5) is 16.4 Å². The molecule has 2 aromatic rings. The number of anilines is 2. The minimum atomic E-state index is -0.478. The first-order chi connectivity index (χ1) is 18.4. The minimum Gasteiger partial charge on any atom is -0.490 e. The number of ether oxygens (including phenoxy) is 3. The lowest BCUT2D eigenvalue weighted by Gasteiger charge is -2.29. The van der Waals surface area contributed by atoms with Crippen LogP contribution in [0, 0.1) is 11.3 Å². The van der Waals surface area contributed by atoms with Crippen LogP contribution in [0.15, 0.2) is 18.3 Å². The Morgan fingerprint density at radius 2 is 2.18 bits per heavy atom. The highest BCUT2D eigenvalue weighted by atomic mass is 16.5. The van der Waals surface area contributed by atoms with Gasteiger partial charge in [-0.15, -0.1) is 0 Å². The number of carbonyl (C=O) groups excluding carboxylic acids is 3. The van der Waals surface area contributed by atoms with Crippen LogP contribution in [0.5, 0.6) is 5.75 Å². The number of nitrogens with one attached hydrogen (secondary N) is 1. The zero-order valence-electron chi connectivity index (χ0n) is 21.4. The van der Waals surface area contributed by atoms with Crippen LogP contribution in [0.2, 0.25) is 0 Å². The van der Waals surface area contributed by atoms with E-state index in [1.54, 1.807) is 19.1 Å². The molecular formula is C26H30N6O6. The maximum absolute atomic E-state index is 13.2. The number of aldehydes is 1. The van der Waals surface area contributed by atoms with Crippen LogP contribution in [-0.2, 0) is 27.2 Å². The van der Waals surface area contributed by atoms with E-state index < -0.39 is 12.1 Å². The molecule has 1 atom stereocenters. The second kappa shape index (κ2) is 12.4. The largest absolute Gasteiger partial charge is 0.490 e. The molecule has 4 rings (SSSR count). The Kier molecular flexibility index (Phi) is 8.83. The smallest absolute Gasteiger partial charge is 0.328 e. The van der Waals surface area contributed by atoms with E-state index in [9.17, 15) is 19.6 Å². The van der Waals surface area contributed by atoms with Crippen LogP contribution in [0.3, 0.4) is 0 Å². The summed E-state index contributed by atoms with van der Waals surface area (Å²) in [5.74, 6) is 0.744. The monoisotopic (exact) mass is 522 g/mol. The third kappa shape index (κ3) is 6.07. The molecule has 1 fully saturated rings. The molecule has 3 amide bonds. The average molecular weight is 523 g/mol. The highest BCUT2D eigenvalue weighted by Gasteiger charge is 2.29. The van der Waals surface area contributed by atoms with Crippen LogP contribution >= 0.6 is 0 Å². The lowest BCUT2D eigenvalue weighted by Crippen LogP contribution is -2.40. The number of fused-ring (bicyclic) bond motifs is 1. The van der Waals surface area contributed by atoms with Crippen molar-refractivity contribution >= 4 is 29.9 Å². The summed E-state index contributed by atoms with van der Waals surface area (Å²) < 4.78 is 16.0. The number of nitrogens with zero attached hydrogens (tertiary/aromatic N) is 5. The summed E-state index contributed by atoms with van der Waals surface area (Å²) in [5.41, 5.74) is 1.82. The molecule has 200 valence electrons. The van der Waals surface area contributed by atoms with Gasteiger partial charge in [-0.2, -0.15) is 5.26 Å². The topological polar surface area (TPSA) is 147 Å². The van der Waals surface area contributed by atoms with Gasteiger partial charge in [0.15, 0.2) is 6.29 Å². The predicted octanol–water partition coefficient (Wildman–Crippen LogP) is 2.31. The van der Waals surface area contributed by atoms with Crippen molar-refractivity contribution in [2.24, 2.45) is 0 Å². The van der Waals surface area contributed by atoms with Crippen molar-refractivity contribution in [3.63, 3.8) is 0 Å². The summed E-state index contributed by atoms with van der Waals surface area (Å²) in [7, 11) is 3.22. The maximum Gasteiger partial charge on any atom is 0.328 e. The van der Waals surface area contributed by atoms with Gasteiger partial charge in [-0.25, -0.2) is 14.8 Å². The zero-order chi connectivity index (χ0) is 27.1. The molecule has 0 unspecified atom stereocenters. The molecule has 0 bridgehead atoms. The number of carbonyl (C=O) groups is 3. The molecular weight excluding hydrogens is 492 g/mol. The fourth-order valence-corrected chi connectivity index (χ4v) is 4.46. The second-order valence-corrected chi connectivity index (χ2v) is 9.03. The summed E-state index contributed by atoms with van der Waals surface area (Å²) in [6, 6.07) is 4.85. The van der Waals surface area contributed by atoms with Crippen molar-refractivity contribution in [2.45, 2.75) is 38.3 Å². The quantitative estimate of drug-likeness (QED) is 0.387. The summed E-state index contributed by atoms with van der Waals surface area (Å²) >= 11 is 0. The second-order valence-electron chi connectivity index (χ2n) is 9.03. The summed E-state index contributed by atoms with van der Waals surface area (Å²) in [6.07, 6.45) is 4.41. The summed E-state index contributed by atoms with van der Waals surface area (Å²) in [4.78, 5) is 49.5. The lowest BCUT2D eigenvalue weighted by molar-refractivity contribution is -0.140. The standard InChI is InChI=1S/C26H30N6O6/c1-31(25(34)21-6-4-8-37-21)15-18-11-17-5-3-7-32(24(17)29-20(18)16-33)26(35)30-23-12-22(38-10-9-36-2)19(13-27)14-28-23/h11-12,14,16,21H,3-10,15H2,1-2H3,(H,28,30,35)/t21-/m0/s1. The number of amides is 3. The van der Waals surface area contributed by atoms with Gasteiger partial charge in [0.05, 0.1) is 12.8 Å². The van der Waals surface area contributed by atoms with Crippen LogP contribution < -0.4 is 15.0 Å². The molecule has 0 aliphatic carbocycles. The summed E-state index contributed by atoms with van der Waals surface area (Å²) in [5, 5.41) is 12.0. The molecule has 4 heterocycles. The lowest BCUT2D eigenvalue weighted by atomic mass is 10.0. The number of aryl methyl sites for hydroxylation is 1. The highest BCUT2D eigenvalue weighted by molar-refractivity contribution is 6.01. The number of methoxy groups -OCH3 is 1. The Hall–Kier alpha value is -4.08. The third-order valence-electron chi connectivity index (χ3n) is 6.39. The number of nitriles is 1. The van der Waals surface area contributed by atoms with Gasteiger partial charge in [-0.3, -0.25) is 19.8 Å². The van der Waals surface area contributed by atoms with Crippen molar-refractivity contribution in [1.82, 2.24) is 14.9 Å². The molecule has 38 heavy (non-hydrogen) atoms. The normalized spacial score (nSPS) is 16.3. The molecule has 0 saturated carbocycles. The van der Waals surface area contributed by atoms with Gasteiger partial charge in [0.25, 0.3) is 5.91 Å². The highest BCUT2D eigenvalue weighted by Crippen LogP contribution is 2.29. The molecule has 0 aromatic carbocycles. The number of pyridine rings is 2. The molecule has 2 aliphatic heterocycles. The van der Waals surface area contributed by atoms with Crippen molar-refractivity contribution < 1.29 is 28.6 Å². The fraction of sp³-hybridized carbons (Fsp3) is 0.462. The Morgan fingerprint density at radius 3 is 2.89 bits per heavy atom. The zero-order valence-corrected chi connectivity index (χ0v) is 21.4. The van der Waals surface area contributed by atoms with E-state index in [1.165, 1.54) is 17.2 Å². The molecule has 2 aliphatic rings. The third-order valence-corrected chi connectivity index (χ3v) is 6.39. The predicted molar refractivity (Wildman–Crippen MR) is 136 cm³/mol. The Balaban J connectivity index is 1.51. The van der Waals surface area contributed by atoms with E-state index in [0.29, 0.717) is 56.7 Å². The van der Waals surface area contributed by atoms with Crippen LogP contribution in [0.25, 0.3) is 0 Å². The van der Waals surface area contributed by atoms with Gasteiger partial charge in [-0.1, -0.05) is 0 Å². The number of hydrogen-bond acceptors (Lipinski definition) is 9. The van der Waals surface area contributed by atoms with E-state index in [1.807, 2.05) is 12.1 Å². The number of hydrogen-bond donors (Lipinski definition) is 1. The van der Waals surface area contributed by atoms with E-state index in [4.69, 9.17) is 14.2 Å². The molecule has 2 aromatic heterocycles. The van der Waals surface area contributed by atoms with Crippen LogP contribution in [-0.4, -0.2) is 79.7 Å². The van der Waals surface area contributed by atoms with Crippen molar-refractivity contribution in [1.29, 1.82) is 5.26 Å². The van der Waals surface area contributed by atoms with E-state index in [2.05, 4.69) is 15.3 Å². The van der Waals surface area contributed by atoms with Gasteiger partial charge < -0.3 is 19.1 Å². The molecule has 12 nitrogen and oxygen atoms in total. The summed E-state index contributed by atoms with van der Waals surface area (Å²) in [6.45, 7) is 1.75. The van der Waals surface area contributed by atoms with Gasteiger partial charge in [0, 0.05) is 45.5 Å². The van der Waals surface area contributed by atoms with E-state index in [-0.39, 0.29) is 41.9 Å². The SMILES string of the molecule is COCCOc1cc(NC(=O)N2CCCc3cc(CN(C)C(=O)[C@@H]4CCCO4)c(C=O)nc32)ncc1C#N. The van der Waals surface area contributed by atoms with E-state index >= 15 is 0 Å². The minimum absolute atomic E-state index is 0.126. The van der Waals surface area contributed by atoms with Crippen molar-refractivity contribution in [3.05, 3.63) is 40.7 Å². The van der Waals surface area contributed by atoms with Gasteiger partial charge in [0.1, 0.15) is 47.4 Å². The molecule has 0 radical (unpaired) electrons. The van der Waals surface area contributed by atoms with Gasteiger partial charge in [-0.05, 0) is 37.3 Å². The number of aromatic nitrogens is 2. The molecule has 1 saturated heterocycles. The first kappa shape index (κ1) is 27.0. The van der Waals surface area contributed by atoms with Gasteiger partial charge in [0.2, 0.25) is 0 Å². The van der Waals surface area contributed by atoms with E-state index in [0.717, 1.165) is 12.0 Å². The average Bonchev–Trinajstić information content (AvgIpc) is 3.47. The van der Waals surface area contributed by atoms with Gasteiger partial charge >= 0.3 is 6.03 Å². The Bertz CT molecular complexity index is 1240. The Morgan fingerprint density at radius 1 is 1.34 bits per heavy atom. The Labute approximate surface area is 220 Å². The van der Waals surface area contributed by atoms with Crippen molar-refractivity contribution in [2.75, 3.05) is 50.7 Å². The molecule has 12 heteroatoms. The molecule has 0 spiro atoms. The number of urea groups is 1. The number of rotatable bonds is 9. The fourth-order valence-electron chi connectivity index (χ4n) is 4.46. The first-order valence-electron chi connectivity index (χ1n) is 12.4. The van der Waals surface area contributed by atoms with Crippen LogP contribution in [0.1, 0.15) is 46.4 Å².